The fraction of sp³-hybridized carbons (Fsp3) is 0. The van der Waals surface area contributed by atoms with Crippen molar-refractivity contribution in [2.75, 3.05) is 0 Å². The van der Waals surface area contributed by atoms with E-state index in [1.165, 1.54) is 76.5 Å². The van der Waals surface area contributed by atoms with Crippen LogP contribution in [0.1, 0.15) is 0 Å². The first kappa shape index (κ1) is 22.8. The van der Waals surface area contributed by atoms with Gasteiger partial charge >= 0.3 is 0 Å². The number of hydrogen-bond acceptors (Lipinski definition) is 0. The van der Waals surface area contributed by atoms with Crippen molar-refractivity contribution in [2.24, 2.45) is 0 Å². The maximum atomic E-state index is 2.37. The van der Waals surface area contributed by atoms with Gasteiger partial charge in [-0.05, 0) is 82.5 Å². The predicted octanol–water partition coefficient (Wildman–Crippen LogP) is 11.3. The van der Waals surface area contributed by atoms with Crippen molar-refractivity contribution >= 4 is 43.1 Å². The molecule has 0 aliphatic heterocycles. The average molecular weight is 507 g/mol. The molecule has 0 fully saturated rings. The molecule has 0 unspecified atom stereocenters. The minimum Gasteiger partial charge on any atom is -0.0616 e. The summed E-state index contributed by atoms with van der Waals surface area (Å²) in [7, 11) is 0. The standard InChI is InChI=1S/C40H26/c1-3-18-31-27(12-1)14-10-24-33(31)29-16-9-17-30(26-29)39-35-20-5-7-22-37(35)40(38-23-8-6-21-36(38)39)34-25-11-15-28-13-2-4-19-32(28)34/h1-26H. The van der Waals surface area contributed by atoms with Gasteiger partial charge < -0.3 is 0 Å². The van der Waals surface area contributed by atoms with Gasteiger partial charge in [0.15, 0.2) is 0 Å². The summed E-state index contributed by atoms with van der Waals surface area (Å²) >= 11 is 0. The summed E-state index contributed by atoms with van der Waals surface area (Å²) in [4.78, 5) is 0. The van der Waals surface area contributed by atoms with E-state index in [0.717, 1.165) is 0 Å². The minimum atomic E-state index is 1.24. The van der Waals surface area contributed by atoms with Gasteiger partial charge in [-0.3, -0.25) is 0 Å². The van der Waals surface area contributed by atoms with Gasteiger partial charge in [-0.2, -0.15) is 0 Å². The Hall–Kier alpha value is -5.20. The topological polar surface area (TPSA) is 0 Å². The van der Waals surface area contributed by atoms with Gasteiger partial charge in [0, 0.05) is 0 Å². The van der Waals surface area contributed by atoms with Crippen LogP contribution in [0.5, 0.6) is 0 Å². The number of fused-ring (bicyclic) bond motifs is 4. The van der Waals surface area contributed by atoms with Crippen LogP contribution < -0.4 is 0 Å². The second kappa shape index (κ2) is 9.22. The lowest BCUT2D eigenvalue weighted by molar-refractivity contribution is 1.63. The third-order valence-corrected chi connectivity index (χ3v) is 8.24. The first-order chi connectivity index (χ1) is 19.9. The largest absolute Gasteiger partial charge is 0.0616 e. The van der Waals surface area contributed by atoms with Gasteiger partial charge in [-0.25, -0.2) is 0 Å². The van der Waals surface area contributed by atoms with Gasteiger partial charge in [-0.15, -0.1) is 0 Å². The highest BCUT2D eigenvalue weighted by Crippen LogP contribution is 2.45. The fourth-order valence-corrected chi connectivity index (χ4v) is 6.49. The Bertz CT molecular complexity index is 2150. The number of hydrogen-bond donors (Lipinski definition) is 0. The first-order valence-electron chi connectivity index (χ1n) is 13.9. The molecule has 0 atom stereocenters. The summed E-state index contributed by atoms with van der Waals surface area (Å²) in [5.41, 5.74) is 7.61. The molecule has 0 spiro atoms. The zero-order chi connectivity index (χ0) is 26.5. The lowest BCUT2D eigenvalue weighted by Gasteiger charge is -2.19. The molecule has 0 saturated carbocycles. The maximum absolute atomic E-state index is 2.37. The summed E-state index contributed by atoms with van der Waals surface area (Å²) in [5, 5.41) is 10.2. The molecule has 0 aliphatic carbocycles. The fourth-order valence-electron chi connectivity index (χ4n) is 6.49. The first-order valence-corrected chi connectivity index (χ1v) is 13.9. The molecule has 0 aliphatic rings. The molecule has 0 aromatic heterocycles. The normalized spacial score (nSPS) is 11.5. The minimum absolute atomic E-state index is 1.24. The summed E-state index contributed by atoms with van der Waals surface area (Å²) in [6.07, 6.45) is 0. The van der Waals surface area contributed by atoms with Crippen LogP contribution in [0.2, 0.25) is 0 Å². The zero-order valence-electron chi connectivity index (χ0n) is 22.0. The van der Waals surface area contributed by atoms with E-state index in [1.54, 1.807) is 0 Å². The van der Waals surface area contributed by atoms with Crippen molar-refractivity contribution in [3.05, 3.63) is 158 Å². The van der Waals surface area contributed by atoms with Gasteiger partial charge in [-0.1, -0.05) is 152 Å². The van der Waals surface area contributed by atoms with E-state index in [4.69, 9.17) is 0 Å². The highest BCUT2D eigenvalue weighted by molar-refractivity contribution is 6.23. The third kappa shape index (κ3) is 3.54. The van der Waals surface area contributed by atoms with Gasteiger partial charge in [0.25, 0.3) is 0 Å². The molecule has 8 aromatic rings. The van der Waals surface area contributed by atoms with E-state index in [0.29, 0.717) is 0 Å². The van der Waals surface area contributed by atoms with E-state index in [-0.39, 0.29) is 0 Å². The molecule has 0 heterocycles. The van der Waals surface area contributed by atoms with Crippen molar-refractivity contribution in [2.45, 2.75) is 0 Å². The molecule has 186 valence electrons. The summed E-state index contributed by atoms with van der Waals surface area (Å²) < 4.78 is 0. The van der Waals surface area contributed by atoms with E-state index in [2.05, 4.69) is 158 Å². The van der Waals surface area contributed by atoms with Crippen molar-refractivity contribution in [3.63, 3.8) is 0 Å². The second-order valence-electron chi connectivity index (χ2n) is 10.5. The highest BCUT2D eigenvalue weighted by Gasteiger charge is 2.18. The summed E-state index contributed by atoms with van der Waals surface area (Å²) in [6.45, 7) is 0. The van der Waals surface area contributed by atoms with Crippen LogP contribution in [0.4, 0.5) is 0 Å². The van der Waals surface area contributed by atoms with E-state index in [1.807, 2.05) is 0 Å². The lowest BCUT2D eigenvalue weighted by atomic mass is 9.84. The molecule has 8 rings (SSSR count). The summed E-state index contributed by atoms with van der Waals surface area (Å²) in [5.74, 6) is 0. The van der Waals surface area contributed by atoms with Crippen LogP contribution in [0.3, 0.4) is 0 Å². The van der Waals surface area contributed by atoms with Crippen molar-refractivity contribution in [1.29, 1.82) is 0 Å². The van der Waals surface area contributed by atoms with Gasteiger partial charge in [0.1, 0.15) is 0 Å². The Balaban J connectivity index is 1.45. The van der Waals surface area contributed by atoms with Crippen LogP contribution in [0.15, 0.2) is 158 Å². The molecule has 40 heavy (non-hydrogen) atoms. The molecule has 0 amide bonds. The van der Waals surface area contributed by atoms with Crippen LogP contribution in [-0.4, -0.2) is 0 Å². The SMILES string of the molecule is c1cc(-c2cccc3ccccc23)cc(-c2c3ccccc3c(-c3cccc4ccccc34)c3ccccc23)c1. The predicted molar refractivity (Wildman–Crippen MR) is 173 cm³/mol. The maximum Gasteiger partial charge on any atom is -0.00201 e. The molecule has 0 heteroatoms. The average Bonchev–Trinajstić information content (AvgIpc) is 3.03. The Morgan fingerprint density at radius 2 is 0.650 bits per heavy atom. The highest BCUT2D eigenvalue weighted by atomic mass is 14.2. The van der Waals surface area contributed by atoms with Gasteiger partial charge in [0.05, 0.1) is 0 Å². The monoisotopic (exact) mass is 506 g/mol. The quantitative estimate of drug-likeness (QED) is 0.209. The van der Waals surface area contributed by atoms with Crippen molar-refractivity contribution in [3.8, 4) is 33.4 Å². The van der Waals surface area contributed by atoms with Crippen molar-refractivity contribution in [1.82, 2.24) is 0 Å². The molecule has 0 bridgehead atoms. The molecule has 8 aromatic carbocycles. The van der Waals surface area contributed by atoms with Crippen LogP contribution >= 0.6 is 0 Å². The van der Waals surface area contributed by atoms with E-state index in [9.17, 15) is 0 Å². The number of rotatable bonds is 3. The molecule has 0 radical (unpaired) electrons. The Kier molecular flexibility index (Phi) is 5.24. The molecular formula is C40H26. The van der Waals surface area contributed by atoms with Crippen LogP contribution in [0, 0.1) is 0 Å². The van der Waals surface area contributed by atoms with Crippen LogP contribution in [-0.2, 0) is 0 Å². The van der Waals surface area contributed by atoms with E-state index < -0.39 is 0 Å². The third-order valence-electron chi connectivity index (χ3n) is 8.24. The Labute approximate surface area is 233 Å². The summed E-state index contributed by atoms with van der Waals surface area (Å²) in [6, 6.07) is 57.5. The van der Waals surface area contributed by atoms with Gasteiger partial charge in [0.2, 0.25) is 0 Å². The Morgan fingerprint density at radius 3 is 1.25 bits per heavy atom. The second-order valence-corrected chi connectivity index (χ2v) is 10.5. The molecule has 0 saturated heterocycles. The Morgan fingerprint density at radius 1 is 0.250 bits per heavy atom. The van der Waals surface area contributed by atoms with E-state index >= 15 is 0 Å². The van der Waals surface area contributed by atoms with Crippen LogP contribution in [0.25, 0.3) is 76.5 Å². The zero-order valence-corrected chi connectivity index (χ0v) is 22.0. The number of benzene rings is 8. The van der Waals surface area contributed by atoms with Crippen molar-refractivity contribution < 1.29 is 0 Å². The smallest absolute Gasteiger partial charge is 0.00201 e. The molecule has 0 nitrogen and oxygen atoms in total. The lowest BCUT2D eigenvalue weighted by Crippen LogP contribution is -1.92. The molecular weight excluding hydrogens is 480 g/mol. The molecule has 0 N–H and O–H groups in total.